The molecule has 52 heavy (non-hydrogen) atoms. The molecule has 0 aliphatic heterocycles. The van der Waals surface area contributed by atoms with Crippen LogP contribution in [0, 0.1) is 11.2 Å². The fraction of sp³-hybridized carbons (Fsp3) is 0.526. The van der Waals surface area contributed by atoms with Crippen LogP contribution in [0.15, 0.2) is 54.7 Å². The predicted octanol–water partition coefficient (Wildman–Crippen LogP) is 7.71. The van der Waals surface area contributed by atoms with Crippen molar-refractivity contribution in [3.05, 3.63) is 66.2 Å². The van der Waals surface area contributed by atoms with Crippen LogP contribution in [0.5, 0.6) is 17.4 Å². The number of aromatic nitrogens is 5. The Labute approximate surface area is 307 Å². The molecule has 0 saturated heterocycles. The molecule has 1 atom stereocenters. The first-order chi connectivity index (χ1) is 24.9. The number of aliphatic hydroxyl groups is 1. The second kappa shape index (κ2) is 19.0. The van der Waals surface area contributed by atoms with Gasteiger partial charge >= 0.3 is 0 Å². The maximum Gasteiger partial charge on any atom is 0.246 e. The average Bonchev–Trinajstić information content (AvgIpc) is 3.55. The topological polar surface area (TPSA) is 142 Å². The second-order valence-corrected chi connectivity index (χ2v) is 15.9. The minimum atomic E-state index is -4.31. The minimum absolute atomic E-state index is 0.0254. The van der Waals surface area contributed by atoms with Crippen LogP contribution in [-0.2, 0) is 10.0 Å². The van der Waals surface area contributed by atoms with E-state index in [1.54, 1.807) is 41.0 Å². The lowest BCUT2D eigenvalue weighted by Gasteiger charge is -2.26. The van der Waals surface area contributed by atoms with E-state index in [1.807, 2.05) is 0 Å². The molecule has 1 aromatic carbocycles. The number of hydrogen-bond acceptors (Lipinski definition) is 10. The van der Waals surface area contributed by atoms with E-state index in [1.165, 1.54) is 59.5 Å². The van der Waals surface area contributed by atoms with Crippen LogP contribution >= 0.6 is 0 Å². The Bertz CT molecular complexity index is 1790. The molecule has 0 aliphatic rings. The van der Waals surface area contributed by atoms with Gasteiger partial charge in [-0.2, -0.15) is 0 Å². The van der Waals surface area contributed by atoms with Gasteiger partial charge in [-0.25, -0.2) is 22.1 Å². The van der Waals surface area contributed by atoms with Gasteiger partial charge in [0.15, 0.2) is 5.82 Å². The van der Waals surface area contributed by atoms with Gasteiger partial charge in [-0.3, -0.25) is 9.55 Å². The largest absolute Gasteiger partial charge is 0.494 e. The number of hydrogen-bond donors (Lipinski definition) is 1. The number of anilines is 1. The summed E-state index contributed by atoms with van der Waals surface area (Å²) in [5.41, 5.74) is 1.11. The molecular weight excluding hydrogens is 688 g/mol. The molecule has 0 fully saturated rings. The van der Waals surface area contributed by atoms with Gasteiger partial charge < -0.3 is 19.3 Å². The van der Waals surface area contributed by atoms with Crippen molar-refractivity contribution in [1.82, 2.24) is 24.7 Å². The molecule has 0 aliphatic carbocycles. The number of ether oxygens (including phenoxy) is 3. The maximum atomic E-state index is 14.4. The van der Waals surface area contributed by atoms with E-state index in [9.17, 15) is 17.9 Å². The Morgan fingerprint density at radius 1 is 0.827 bits per heavy atom. The standard InChI is InChI=1S/C38H53FN6O6S/c1-38(2,3)24-14-12-10-8-7-9-11-13-15-25-44(52(47,48)27-31(46)29-23-22-28(39)26-40-29)37-43-42-36(30-18-16-21-34(41-30)51-6)45(37)35-32(49-4)19-17-20-33(35)50-5/h16-23,26,31,46H,7-15,24-25,27H2,1-6H3/t31-/m0/s1. The Morgan fingerprint density at radius 2 is 1.44 bits per heavy atom. The molecule has 4 rings (SSSR count). The third kappa shape index (κ3) is 11.1. The highest BCUT2D eigenvalue weighted by atomic mass is 32.2. The fourth-order valence-electron chi connectivity index (χ4n) is 5.99. The summed E-state index contributed by atoms with van der Waals surface area (Å²) < 4.78 is 61.8. The molecule has 3 aromatic heterocycles. The third-order valence-electron chi connectivity index (χ3n) is 8.74. The average molecular weight is 741 g/mol. The molecule has 0 amide bonds. The molecule has 0 unspecified atom stereocenters. The van der Waals surface area contributed by atoms with Crippen LogP contribution in [-0.4, -0.2) is 71.9 Å². The molecule has 0 bridgehead atoms. The number of benzene rings is 1. The van der Waals surface area contributed by atoms with Gasteiger partial charge in [-0.05, 0) is 48.6 Å². The maximum absolute atomic E-state index is 14.4. The molecule has 0 spiro atoms. The van der Waals surface area contributed by atoms with Crippen LogP contribution in [0.25, 0.3) is 17.2 Å². The Hall–Kier alpha value is -4.30. The number of halogens is 1. The summed E-state index contributed by atoms with van der Waals surface area (Å²) in [6.45, 7) is 6.89. The second-order valence-electron chi connectivity index (χ2n) is 14.0. The zero-order chi connectivity index (χ0) is 37.7. The van der Waals surface area contributed by atoms with Crippen LogP contribution in [0.3, 0.4) is 0 Å². The van der Waals surface area contributed by atoms with Crippen molar-refractivity contribution in [2.45, 2.75) is 91.1 Å². The van der Waals surface area contributed by atoms with Crippen LogP contribution < -0.4 is 18.5 Å². The Morgan fingerprint density at radius 3 is 2.02 bits per heavy atom. The predicted molar refractivity (Wildman–Crippen MR) is 200 cm³/mol. The van der Waals surface area contributed by atoms with Gasteiger partial charge in [0.2, 0.25) is 21.9 Å². The van der Waals surface area contributed by atoms with Crippen molar-refractivity contribution < 1.29 is 32.1 Å². The monoisotopic (exact) mass is 740 g/mol. The molecule has 3 heterocycles. The third-order valence-corrected chi connectivity index (χ3v) is 10.5. The molecule has 14 heteroatoms. The fourth-order valence-corrected chi connectivity index (χ4v) is 7.51. The first-order valence-electron chi connectivity index (χ1n) is 17.9. The number of unbranched alkanes of at least 4 members (excludes halogenated alkanes) is 8. The molecule has 0 saturated carbocycles. The normalized spacial score (nSPS) is 12.5. The van der Waals surface area contributed by atoms with Crippen LogP contribution in [0.4, 0.5) is 10.3 Å². The summed E-state index contributed by atoms with van der Waals surface area (Å²) in [5.74, 6) is -0.101. The van der Waals surface area contributed by atoms with Gasteiger partial charge in [0, 0.05) is 12.6 Å². The molecule has 1 N–H and O–H groups in total. The lowest BCUT2D eigenvalue weighted by molar-refractivity contribution is 0.196. The van der Waals surface area contributed by atoms with Gasteiger partial charge in [0.05, 0.1) is 33.2 Å². The molecule has 12 nitrogen and oxygen atoms in total. The van der Waals surface area contributed by atoms with Crippen molar-refractivity contribution >= 4 is 16.0 Å². The first kappa shape index (κ1) is 40.5. The van der Waals surface area contributed by atoms with Crippen molar-refractivity contribution in [1.29, 1.82) is 0 Å². The quantitative estimate of drug-likeness (QED) is 0.0845. The van der Waals surface area contributed by atoms with Gasteiger partial charge in [-0.1, -0.05) is 84.3 Å². The van der Waals surface area contributed by atoms with E-state index < -0.39 is 27.7 Å². The zero-order valence-corrected chi connectivity index (χ0v) is 32.0. The number of pyridine rings is 2. The smallest absolute Gasteiger partial charge is 0.246 e. The van der Waals surface area contributed by atoms with Crippen molar-refractivity contribution in [2.75, 3.05) is 37.9 Å². The number of aliphatic hydroxyl groups excluding tert-OH is 1. The molecule has 284 valence electrons. The lowest BCUT2D eigenvalue weighted by Crippen LogP contribution is -2.37. The number of para-hydroxylation sites is 1. The van der Waals surface area contributed by atoms with Crippen LogP contribution in [0.1, 0.15) is 96.8 Å². The van der Waals surface area contributed by atoms with E-state index in [0.717, 1.165) is 42.3 Å². The van der Waals surface area contributed by atoms with E-state index in [4.69, 9.17) is 14.2 Å². The van der Waals surface area contributed by atoms with E-state index in [-0.39, 0.29) is 24.0 Å². The van der Waals surface area contributed by atoms with E-state index >= 15 is 0 Å². The van der Waals surface area contributed by atoms with Crippen molar-refractivity contribution in [2.24, 2.45) is 5.41 Å². The van der Waals surface area contributed by atoms with Crippen molar-refractivity contribution in [3.8, 4) is 34.6 Å². The van der Waals surface area contributed by atoms with Gasteiger partial charge in [-0.15, -0.1) is 10.2 Å². The Kier molecular flexibility index (Phi) is 14.8. The summed E-state index contributed by atoms with van der Waals surface area (Å²) in [7, 11) is 0.186. The minimum Gasteiger partial charge on any atom is -0.494 e. The highest BCUT2D eigenvalue weighted by molar-refractivity contribution is 7.92. The highest BCUT2D eigenvalue weighted by Crippen LogP contribution is 2.39. The Balaban J connectivity index is 1.66. The molecule has 4 aromatic rings. The summed E-state index contributed by atoms with van der Waals surface area (Å²) in [5, 5.41) is 19.9. The SMILES string of the molecule is COc1cccc(-c2nnc(N(CCCCCCCCCCCC(C)(C)C)S(=O)(=O)C[C@H](O)c3ccc(F)cn3)n2-c2c(OC)cccc2OC)n1. The summed E-state index contributed by atoms with van der Waals surface area (Å²) in [4.78, 5) is 8.46. The van der Waals surface area contributed by atoms with Gasteiger partial charge in [0.1, 0.15) is 40.6 Å². The van der Waals surface area contributed by atoms with Gasteiger partial charge in [0.25, 0.3) is 0 Å². The number of methoxy groups -OCH3 is 3. The summed E-state index contributed by atoms with van der Waals surface area (Å²) in [6.07, 6.45) is 9.99. The molecular formula is C38H53FN6O6S. The summed E-state index contributed by atoms with van der Waals surface area (Å²) >= 11 is 0. The van der Waals surface area contributed by atoms with Crippen molar-refractivity contribution in [3.63, 3.8) is 0 Å². The zero-order valence-electron chi connectivity index (χ0n) is 31.2. The number of rotatable bonds is 21. The number of nitrogens with zero attached hydrogens (tertiary/aromatic N) is 6. The summed E-state index contributed by atoms with van der Waals surface area (Å²) in [6, 6.07) is 12.7. The number of sulfonamides is 1. The van der Waals surface area contributed by atoms with Crippen LogP contribution in [0.2, 0.25) is 0 Å². The van der Waals surface area contributed by atoms with E-state index in [2.05, 4.69) is 40.9 Å². The van der Waals surface area contributed by atoms with E-state index in [0.29, 0.717) is 40.6 Å². The first-order valence-corrected chi connectivity index (χ1v) is 19.5. The molecule has 0 radical (unpaired) electrons. The lowest BCUT2D eigenvalue weighted by atomic mass is 9.89. The highest BCUT2D eigenvalue weighted by Gasteiger charge is 2.34.